The zero-order valence-electron chi connectivity index (χ0n) is 13.3. The molecular formula is C14H26N4O2. The van der Waals surface area contributed by atoms with Crippen molar-refractivity contribution in [2.75, 3.05) is 37.9 Å². The van der Waals surface area contributed by atoms with E-state index in [-0.39, 0.29) is 12.0 Å². The third-order valence-electron chi connectivity index (χ3n) is 3.03. The highest BCUT2D eigenvalue weighted by molar-refractivity contribution is 5.56. The Morgan fingerprint density at radius 3 is 2.45 bits per heavy atom. The van der Waals surface area contributed by atoms with E-state index in [0.717, 1.165) is 11.4 Å². The highest BCUT2D eigenvalue weighted by Crippen LogP contribution is 2.26. The monoisotopic (exact) mass is 282 g/mol. The molecule has 6 nitrogen and oxygen atoms in total. The fourth-order valence-corrected chi connectivity index (χ4v) is 1.88. The molecule has 1 heterocycles. The third-order valence-corrected chi connectivity index (χ3v) is 3.03. The topological polar surface area (TPSA) is 84.5 Å². The van der Waals surface area contributed by atoms with Crippen molar-refractivity contribution in [3.63, 3.8) is 0 Å². The number of ether oxygens (including phenoxy) is 1. The predicted molar refractivity (Wildman–Crippen MR) is 81.0 cm³/mol. The van der Waals surface area contributed by atoms with Crippen molar-refractivity contribution in [3.05, 3.63) is 11.4 Å². The van der Waals surface area contributed by atoms with Gasteiger partial charge < -0.3 is 20.5 Å². The number of aliphatic hydroxyl groups excluding tert-OH is 1. The molecule has 0 aliphatic rings. The Labute approximate surface area is 121 Å². The first-order chi connectivity index (χ1) is 9.16. The molecule has 1 aromatic heterocycles. The van der Waals surface area contributed by atoms with Crippen molar-refractivity contribution in [2.45, 2.75) is 39.2 Å². The van der Waals surface area contributed by atoms with E-state index in [2.05, 4.69) is 9.97 Å². The van der Waals surface area contributed by atoms with Crippen LogP contribution in [-0.2, 0) is 10.2 Å². The second-order valence-electron chi connectivity index (χ2n) is 6.12. The summed E-state index contributed by atoms with van der Waals surface area (Å²) >= 11 is 0. The van der Waals surface area contributed by atoms with Crippen LogP contribution in [0.15, 0.2) is 0 Å². The maximum atomic E-state index is 9.83. The molecule has 0 saturated carbocycles. The minimum atomic E-state index is -0.571. The number of nitrogens with two attached hydrogens (primary N) is 1. The van der Waals surface area contributed by atoms with Gasteiger partial charge in [0.25, 0.3) is 0 Å². The van der Waals surface area contributed by atoms with Gasteiger partial charge in [-0.2, -0.15) is 0 Å². The van der Waals surface area contributed by atoms with Crippen molar-refractivity contribution in [1.29, 1.82) is 0 Å². The first-order valence-corrected chi connectivity index (χ1v) is 6.69. The summed E-state index contributed by atoms with van der Waals surface area (Å²) in [5, 5.41) is 9.83. The van der Waals surface area contributed by atoms with Gasteiger partial charge in [-0.05, 0) is 6.92 Å². The van der Waals surface area contributed by atoms with Crippen LogP contribution in [0.4, 0.5) is 11.6 Å². The molecule has 0 spiro atoms. The van der Waals surface area contributed by atoms with Crippen molar-refractivity contribution in [2.24, 2.45) is 0 Å². The normalized spacial score (nSPS) is 13.3. The smallest absolute Gasteiger partial charge is 0.138 e. The highest BCUT2D eigenvalue weighted by atomic mass is 16.5. The van der Waals surface area contributed by atoms with Crippen LogP contribution in [0.2, 0.25) is 0 Å². The second kappa shape index (κ2) is 6.37. The lowest BCUT2D eigenvalue weighted by molar-refractivity contribution is 0.0694. The molecule has 0 amide bonds. The van der Waals surface area contributed by atoms with Gasteiger partial charge in [-0.1, -0.05) is 20.8 Å². The van der Waals surface area contributed by atoms with Gasteiger partial charge in [0.05, 0.1) is 12.7 Å². The number of likely N-dealkylation sites (N-methyl/N-ethyl adjacent to an activating group) is 1. The Bertz CT molecular complexity index is 457. The summed E-state index contributed by atoms with van der Waals surface area (Å²) < 4.78 is 4.94. The molecule has 20 heavy (non-hydrogen) atoms. The standard InChI is InChI=1S/C14H26N4O2/c1-9-11(15)16-13(14(2,3)4)17-12(9)18(5)7-10(19)8-20-6/h10,19H,7-8H2,1-6H3,(H2,15,16,17). The predicted octanol–water partition coefficient (Wildman–Crippen LogP) is 1.11. The van der Waals surface area contributed by atoms with Crippen LogP contribution in [0.3, 0.4) is 0 Å². The fourth-order valence-electron chi connectivity index (χ4n) is 1.88. The molecule has 6 heteroatoms. The highest BCUT2D eigenvalue weighted by Gasteiger charge is 2.22. The van der Waals surface area contributed by atoms with Gasteiger partial charge in [0.2, 0.25) is 0 Å². The lowest BCUT2D eigenvalue weighted by Crippen LogP contribution is -2.33. The summed E-state index contributed by atoms with van der Waals surface area (Å²) in [5.74, 6) is 1.93. The molecule has 0 aromatic carbocycles. The lowest BCUT2D eigenvalue weighted by atomic mass is 9.95. The van der Waals surface area contributed by atoms with Crippen LogP contribution in [0.1, 0.15) is 32.2 Å². The van der Waals surface area contributed by atoms with E-state index in [1.165, 1.54) is 0 Å². The molecule has 0 radical (unpaired) electrons. The number of rotatable bonds is 5. The first kappa shape index (κ1) is 16.7. The summed E-state index contributed by atoms with van der Waals surface area (Å²) in [5.41, 5.74) is 6.63. The van der Waals surface area contributed by atoms with E-state index >= 15 is 0 Å². The summed E-state index contributed by atoms with van der Waals surface area (Å²) in [6.07, 6.45) is -0.571. The summed E-state index contributed by atoms with van der Waals surface area (Å²) in [6, 6.07) is 0. The lowest BCUT2D eigenvalue weighted by Gasteiger charge is -2.26. The first-order valence-electron chi connectivity index (χ1n) is 6.69. The molecule has 0 fully saturated rings. The molecule has 1 aromatic rings. The summed E-state index contributed by atoms with van der Waals surface area (Å²) in [4.78, 5) is 10.8. The van der Waals surface area contributed by atoms with Crippen molar-refractivity contribution < 1.29 is 9.84 Å². The molecule has 0 bridgehead atoms. The van der Waals surface area contributed by atoms with E-state index in [1.807, 2.05) is 39.6 Å². The Kier molecular flexibility index (Phi) is 5.30. The number of hydrogen-bond acceptors (Lipinski definition) is 6. The zero-order valence-corrected chi connectivity index (χ0v) is 13.3. The Hall–Kier alpha value is -1.40. The average molecular weight is 282 g/mol. The maximum Gasteiger partial charge on any atom is 0.138 e. The number of methoxy groups -OCH3 is 1. The Balaban J connectivity index is 3.07. The van der Waals surface area contributed by atoms with Gasteiger partial charge in [0.1, 0.15) is 17.5 Å². The average Bonchev–Trinajstić information content (AvgIpc) is 2.31. The van der Waals surface area contributed by atoms with Crippen molar-refractivity contribution in [1.82, 2.24) is 9.97 Å². The van der Waals surface area contributed by atoms with Crippen LogP contribution in [-0.4, -0.2) is 48.5 Å². The van der Waals surface area contributed by atoms with Gasteiger partial charge >= 0.3 is 0 Å². The molecular weight excluding hydrogens is 256 g/mol. The minimum Gasteiger partial charge on any atom is -0.389 e. The molecule has 0 aliphatic carbocycles. The number of aromatic nitrogens is 2. The summed E-state index contributed by atoms with van der Waals surface area (Å²) in [7, 11) is 3.44. The van der Waals surface area contributed by atoms with Gasteiger partial charge in [-0.3, -0.25) is 0 Å². The molecule has 3 N–H and O–H groups in total. The van der Waals surface area contributed by atoms with Crippen LogP contribution in [0.25, 0.3) is 0 Å². The fraction of sp³-hybridized carbons (Fsp3) is 0.714. The maximum absolute atomic E-state index is 9.83. The van der Waals surface area contributed by atoms with Gasteiger partial charge in [-0.15, -0.1) is 0 Å². The van der Waals surface area contributed by atoms with Crippen LogP contribution in [0, 0.1) is 6.92 Å². The van der Waals surface area contributed by atoms with Gasteiger partial charge in [0.15, 0.2) is 0 Å². The molecule has 0 saturated heterocycles. The minimum absolute atomic E-state index is 0.178. The molecule has 1 rings (SSSR count). The number of anilines is 2. The SMILES string of the molecule is COCC(O)CN(C)c1nc(C(C)(C)C)nc(N)c1C. The van der Waals surface area contributed by atoms with E-state index in [0.29, 0.717) is 18.2 Å². The second-order valence-corrected chi connectivity index (χ2v) is 6.12. The van der Waals surface area contributed by atoms with Crippen molar-refractivity contribution >= 4 is 11.6 Å². The molecule has 114 valence electrons. The molecule has 0 aliphatic heterocycles. The third kappa shape index (κ3) is 4.05. The number of nitrogen functional groups attached to an aromatic ring is 1. The van der Waals surface area contributed by atoms with Crippen LogP contribution >= 0.6 is 0 Å². The van der Waals surface area contributed by atoms with Crippen molar-refractivity contribution in [3.8, 4) is 0 Å². The van der Waals surface area contributed by atoms with E-state index in [9.17, 15) is 5.11 Å². The Morgan fingerprint density at radius 1 is 1.35 bits per heavy atom. The number of nitrogens with zero attached hydrogens (tertiary/aromatic N) is 3. The number of hydrogen-bond donors (Lipinski definition) is 2. The Morgan fingerprint density at radius 2 is 1.95 bits per heavy atom. The van der Waals surface area contributed by atoms with E-state index in [1.54, 1.807) is 7.11 Å². The zero-order chi connectivity index (χ0) is 15.5. The largest absolute Gasteiger partial charge is 0.389 e. The summed E-state index contributed by atoms with van der Waals surface area (Å²) in [6.45, 7) is 8.73. The van der Waals surface area contributed by atoms with Crippen LogP contribution in [0.5, 0.6) is 0 Å². The quantitative estimate of drug-likeness (QED) is 0.841. The van der Waals surface area contributed by atoms with E-state index < -0.39 is 6.10 Å². The number of aliphatic hydroxyl groups is 1. The molecule has 1 atom stereocenters. The van der Waals surface area contributed by atoms with E-state index in [4.69, 9.17) is 10.5 Å². The van der Waals surface area contributed by atoms with Gasteiger partial charge in [-0.25, -0.2) is 9.97 Å². The van der Waals surface area contributed by atoms with Gasteiger partial charge in [0, 0.05) is 31.7 Å². The van der Waals surface area contributed by atoms with Crippen LogP contribution < -0.4 is 10.6 Å². The molecule has 1 unspecified atom stereocenters.